The van der Waals surface area contributed by atoms with Crippen molar-refractivity contribution in [2.24, 2.45) is 0 Å². The van der Waals surface area contributed by atoms with Crippen LogP contribution in [0.25, 0.3) is 0 Å². The minimum Gasteiger partial charge on any atom is -0.313 e. The summed E-state index contributed by atoms with van der Waals surface area (Å²) in [6.45, 7) is 5.61. The predicted octanol–water partition coefficient (Wildman–Crippen LogP) is 3.15. The fourth-order valence-corrected chi connectivity index (χ4v) is 3.07. The van der Waals surface area contributed by atoms with Crippen molar-refractivity contribution in [2.75, 3.05) is 19.6 Å². The summed E-state index contributed by atoms with van der Waals surface area (Å²) in [5.74, 6) is -0.119. The molecule has 1 saturated heterocycles. The Morgan fingerprint density at radius 1 is 1.10 bits per heavy atom. The topological polar surface area (TPSA) is 15.3 Å². The number of halogens is 1. The van der Waals surface area contributed by atoms with E-state index in [1.807, 2.05) is 18.2 Å². The minimum absolute atomic E-state index is 0.109. The molecule has 2 aromatic rings. The fraction of sp³-hybridized carbons (Fsp3) is 0.333. The van der Waals surface area contributed by atoms with Crippen LogP contribution in [0, 0.1) is 5.82 Å². The summed E-state index contributed by atoms with van der Waals surface area (Å²) < 4.78 is 14.0. The lowest BCUT2D eigenvalue weighted by Crippen LogP contribution is -2.57. The van der Waals surface area contributed by atoms with E-state index in [0.717, 1.165) is 25.2 Å². The summed E-state index contributed by atoms with van der Waals surface area (Å²) in [4.78, 5) is 2.37. The molecule has 1 fully saturated rings. The normalized spacial score (nSPS) is 23.1. The van der Waals surface area contributed by atoms with Gasteiger partial charge >= 0.3 is 0 Å². The molecule has 110 valence electrons. The van der Waals surface area contributed by atoms with Crippen LogP contribution in [0.2, 0.25) is 0 Å². The monoisotopic (exact) mass is 284 g/mol. The van der Waals surface area contributed by atoms with Gasteiger partial charge in [0.05, 0.1) is 5.54 Å². The number of benzene rings is 2. The highest BCUT2D eigenvalue weighted by atomic mass is 19.1. The Bertz CT molecular complexity index is 599. The van der Waals surface area contributed by atoms with Crippen LogP contribution in [-0.4, -0.2) is 24.5 Å². The molecule has 1 N–H and O–H groups in total. The molecule has 0 bridgehead atoms. The number of nitrogens with one attached hydrogen (secondary N) is 1. The zero-order valence-corrected chi connectivity index (χ0v) is 12.3. The Morgan fingerprint density at radius 3 is 2.57 bits per heavy atom. The zero-order valence-electron chi connectivity index (χ0n) is 12.3. The van der Waals surface area contributed by atoms with Gasteiger partial charge in [-0.05, 0) is 18.6 Å². The molecule has 3 rings (SSSR count). The van der Waals surface area contributed by atoms with Crippen LogP contribution in [0.1, 0.15) is 18.1 Å². The number of rotatable bonds is 3. The number of hydrogen-bond acceptors (Lipinski definition) is 2. The van der Waals surface area contributed by atoms with Crippen LogP contribution in [0.4, 0.5) is 4.39 Å². The maximum Gasteiger partial charge on any atom is 0.127 e. The average Bonchev–Trinajstić information content (AvgIpc) is 2.53. The van der Waals surface area contributed by atoms with Gasteiger partial charge in [0, 0.05) is 31.7 Å². The van der Waals surface area contributed by atoms with Gasteiger partial charge in [-0.2, -0.15) is 0 Å². The zero-order chi connectivity index (χ0) is 14.7. The first-order valence-corrected chi connectivity index (χ1v) is 7.45. The van der Waals surface area contributed by atoms with E-state index in [4.69, 9.17) is 0 Å². The summed E-state index contributed by atoms with van der Waals surface area (Å²) in [5, 5.41) is 3.47. The Morgan fingerprint density at radius 2 is 1.81 bits per heavy atom. The predicted molar refractivity (Wildman–Crippen MR) is 83.5 cm³/mol. The SMILES string of the molecule is CC1(c2ccccc2)CNCCN1Cc1ccccc1F. The molecule has 0 spiro atoms. The van der Waals surface area contributed by atoms with Gasteiger partial charge in [0.2, 0.25) is 0 Å². The van der Waals surface area contributed by atoms with Crippen molar-refractivity contribution >= 4 is 0 Å². The molecule has 21 heavy (non-hydrogen) atoms. The molecule has 0 saturated carbocycles. The second-order valence-electron chi connectivity index (χ2n) is 5.83. The van der Waals surface area contributed by atoms with Gasteiger partial charge in [-0.25, -0.2) is 4.39 Å². The lowest BCUT2D eigenvalue weighted by atomic mass is 9.88. The molecule has 0 radical (unpaired) electrons. The van der Waals surface area contributed by atoms with Crippen LogP contribution in [0.15, 0.2) is 54.6 Å². The molecule has 1 atom stereocenters. The third-order valence-corrected chi connectivity index (χ3v) is 4.44. The van der Waals surface area contributed by atoms with E-state index in [1.54, 1.807) is 6.07 Å². The molecule has 1 aliphatic rings. The lowest BCUT2D eigenvalue weighted by molar-refractivity contribution is 0.0639. The van der Waals surface area contributed by atoms with E-state index in [1.165, 1.54) is 11.6 Å². The highest BCUT2D eigenvalue weighted by Gasteiger charge is 2.36. The highest BCUT2D eigenvalue weighted by Crippen LogP contribution is 2.31. The molecule has 0 aromatic heterocycles. The smallest absolute Gasteiger partial charge is 0.127 e. The van der Waals surface area contributed by atoms with Crippen molar-refractivity contribution in [3.63, 3.8) is 0 Å². The van der Waals surface area contributed by atoms with E-state index in [9.17, 15) is 4.39 Å². The maximum atomic E-state index is 14.0. The average molecular weight is 284 g/mol. The van der Waals surface area contributed by atoms with E-state index < -0.39 is 0 Å². The molecule has 0 aliphatic carbocycles. The van der Waals surface area contributed by atoms with Crippen LogP contribution in [0.5, 0.6) is 0 Å². The minimum atomic E-state index is -0.119. The van der Waals surface area contributed by atoms with Gasteiger partial charge < -0.3 is 5.32 Å². The summed E-state index contributed by atoms with van der Waals surface area (Å²) in [7, 11) is 0. The third-order valence-electron chi connectivity index (χ3n) is 4.44. The van der Waals surface area contributed by atoms with Crippen LogP contribution in [0.3, 0.4) is 0 Å². The van der Waals surface area contributed by atoms with E-state index >= 15 is 0 Å². The first-order chi connectivity index (χ1) is 10.2. The maximum absolute atomic E-state index is 14.0. The second-order valence-corrected chi connectivity index (χ2v) is 5.83. The number of nitrogens with zero attached hydrogens (tertiary/aromatic N) is 1. The molecular weight excluding hydrogens is 263 g/mol. The number of hydrogen-bond donors (Lipinski definition) is 1. The van der Waals surface area contributed by atoms with Gasteiger partial charge in [-0.1, -0.05) is 48.5 Å². The molecule has 3 heteroatoms. The Hall–Kier alpha value is -1.71. The molecule has 0 amide bonds. The molecule has 2 aromatic carbocycles. The quantitative estimate of drug-likeness (QED) is 0.931. The first-order valence-electron chi connectivity index (χ1n) is 7.45. The molecular formula is C18H21FN2. The van der Waals surface area contributed by atoms with Gasteiger partial charge in [-0.3, -0.25) is 4.90 Å². The number of piperazine rings is 1. The Kier molecular flexibility index (Phi) is 4.04. The Labute approximate surface area is 125 Å². The Balaban J connectivity index is 1.90. The van der Waals surface area contributed by atoms with E-state index in [-0.39, 0.29) is 11.4 Å². The van der Waals surface area contributed by atoms with Crippen molar-refractivity contribution in [2.45, 2.75) is 19.0 Å². The summed E-state index contributed by atoms with van der Waals surface area (Å²) in [5.41, 5.74) is 1.93. The van der Waals surface area contributed by atoms with Crippen molar-refractivity contribution in [1.29, 1.82) is 0 Å². The van der Waals surface area contributed by atoms with E-state index in [0.29, 0.717) is 6.54 Å². The summed E-state index contributed by atoms with van der Waals surface area (Å²) in [6.07, 6.45) is 0. The van der Waals surface area contributed by atoms with Crippen molar-refractivity contribution < 1.29 is 4.39 Å². The first kappa shape index (κ1) is 14.2. The van der Waals surface area contributed by atoms with Gasteiger partial charge in [-0.15, -0.1) is 0 Å². The molecule has 1 aliphatic heterocycles. The molecule has 1 unspecified atom stereocenters. The van der Waals surface area contributed by atoms with Crippen LogP contribution in [-0.2, 0) is 12.1 Å². The standard InChI is InChI=1S/C18H21FN2/c1-18(16-8-3-2-4-9-16)14-20-11-12-21(18)13-15-7-5-6-10-17(15)19/h2-10,20H,11-14H2,1H3. The van der Waals surface area contributed by atoms with Crippen molar-refractivity contribution in [3.05, 3.63) is 71.5 Å². The molecule has 2 nitrogen and oxygen atoms in total. The van der Waals surface area contributed by atoms with E-state index in [2.05, 4.69) is 41.4 Å². The summed E-state index contributed by atoms with van der Waals surface area (Å²) >= 11 is 0. The highest BCUT2D eigenvalue weighted by molar-refractivity contribution is 5.26. The third kappa shape index (κ3) is 2.85. The molecule has 1 heterocycles. The van der Waals surface area contributed by atoms with Crippen molar-refractivity contribution in [1.82, 2.24) is 10.2 Å². The second kappa shape index (κ2) is 5.96. The van der Waals surface area contributed by atoms with Gasteiger partial charge in [0.25, 0.3) is 0 Å². The fourth-order valence-electron chi connectivity index (χ4n) is 3.07. The van der Waals surface area contributed by atoms with Gasteiger partial charge in [0.15, 0.2) is 0 Å². The lowest BCUT2D eigenvalue weighted by Gasteiger charge is -2.45. The van der Waals surface area contributed by atoms with Crippen LogP contribution < -0.4 is 5.32 Å². The van der Waals surface area contributed by atoms with Crippen molar-refractivity contribution in [3.8, 4) is 0 Å². The van der Waals surface area contributed by atoms with Gasteiger partial charge in [0.1, 0.15) is 5.82 Å². The van der Waals surface area contributed by atoms with Crippen LogP contribution >= 0.6 is 0 Å². The largest absolute Gasteiger partial charge is 0.313 e. The summed E-state index contributed by atoms with van der Waals surface area (Å²) in [6, 6.07) is 17.5.